The third-order valence-corrected chi connectivity index (χ3v) is 16.2. The molecular weight excluding hydrogens is 1050 g/mol. The summed E-state index contributed by atoms with van der Waals surface area (Å²) in [5, 5.41) is 0. The average Bonchev–Trinajstić information content (AvgIpc) is 4.43. The summed E-state index contributed by atoms with van der Waals surface area (Å²) in [5.74, 6) is 4.66. The monoisotopic (exact) mass is 1150 g/mol. The molecule has 5 saturated heterocycles. The van der Waals surface area contributed by atoms with Gasteiger partial charge in [-0.3, -0.25) is 29.6 Å². The van der Waals surface area contributed by atoms with Crippen LogP contribution in [0.5, 0.6) is 0 Å². The van der Waals surface area contributed by atoms with E-state index in [0.717, 1.165) is 187 Å². The van der Waals surface area contributed by atoms with Gasteiger partial charge in [-0.25, -0.2) is 39.9 Å². The van der Waals surface area contributed by atoms with Gasteiger partial charge in [0.15, 0.2) is 0 Å². The molecule has 2 aliphatic carbocycles. The summed E-state index contributed by atoms with van der Waals surface area (Å²) in [6.45, 7) is 41.6. The molecule has 0 spiro atoms. The number of anilines is 5. The normalized spacial score (nSPS) is 19.7. The van der Waals surface area contributed by atoms with Crippen molar-refractivity contribution >= 4 is 29.5 Å². The fourth-order valence-corrected chi connectivity index (χ4v) is 11.0. The number of aromatic nitrogens is 10. The Bertz CT molecular complexity index is 2470. The first-order valence-electron chi connectivity index (χ1n) is 31.0. The standard InChI is InChI=1S/4C13H20N4.C11H18N4.CH4/c1-11-9-15-13(10-14-11)17-6-2-5-16(7-8-17)12-3-4-12;1-11-9-14-13(15-10-11)17-6-2-5-16(7-8-17)12-3-4-12;1-3-5-16-6-4-7-17(9-8-16)13-11-14-12(2)10-15-13;1-3-5-16-6-4-7-17(9-8-16)13-14-10-12(2)11-15-13;1-10-8-12-11(13-9-10)15-5-3-4-14(2)6-7-15;/h2*9-10,12H,2-8H2,1H3;2*3,10-11H,1,4-9H2,2H3;8-9H,3-7H2,1-2H3;1H4. The average molecular weight is 1150 g/mol. The summed E-state index contributed by atoms with van der Waals surface area (Å²) in [5.41, 5.74) is 5.31. The van der Waals surface area contributed by atoms with Gasteiger partial charge in [0.2, 0.25) is 17.8 Å². The summed E-state index contributed by atoms with van der Waals surface area (Å²) in [4.78, 5) is 67.9. The van der Waals surface area contributed by atoms with Gasteiger partial charge in [-0.05, 0) is 123 Å². The molecule has 10 heterocycles. The number of hydrogen-bond acceptors (Lipinski definition) is 20. The molecule has 84 heavy (non-hydrogen) atoms. The molecule has 5 aromatic rings. The molecule has 5 aromatic heterocycles. The van der Waals surface area contributed by atoms with Crippen molar-refractivity contribution in [2.75, 3.05) is 176 Å². The van der Waals surface area contributed by atoms with Crippen molar-refractivity contribution in [1.29, 1.82) is 0 Å². The number of hydrogen-bond donors (Lipinski definition) is 0. The summed E-state index contributed by atoms with van der Waals surface area (Å²) >= 11 is 0. The van der Waals surface area contributed by atoms with Crippen LogP contribution in [0, 0.1) is 34.6 Å². The highest BCUT2D eigenvalue weighted by molar-refractivity contribution is 5.37. The predicted octanol–water partition coefficient (Wildman–Crippen LogP) is 7.45. The topological polar surface area (TPSA) is 161 Å². The van der Waals surface area contributed by atoms with E-state index in [1.54, 1.807) is 0 Å². The molecule has 7 aliphatic rings. The molecule has 20 heteroatoms. The minimum Gasteiger partial charge on any atom is -0.354 e. The molecule has 458 valence electrons. The zero-order valence-electron chi connectivity index (χ0n) is 51.4. The van der Waals surface area contributed by atoms with Gasteiger partial charge in [-0.2, -0.15) is 0 Å². The Hall–Kier alpha value is -6.32. The van der Waals surface area contributed by atoms with E-state index in [2.05, 4.69) is 119 Å². The maximum Gasteiger partial charge on any atom is 0.225 e. The van der Waals surface area contributed by atoms with Gasteiger partial charge in [0, 0.05) is 187 Å². The van der Waals surface area contributed by atoms with Gasteiger partial charge in [-0.15, -0.1) is 13.2 Å². The van der Waals surface area contributed by atoms with Crippen LogP contribution in [0.15, 0.2) is 87.3 Å². The first kappa shape index (κ1) is 65.2. The SMILES string of the molecule is C.C=CCN1CCCN(c2cnc(C)cn2)CC1.C=CCN1CCCN(c2ncc(C)cn2)CC1.Cc1cnc(N2CCCN(C)CC2)nc1.Cc1cnc(N2CCCN(C3CC3)CC2)cn1.Cc1cnc(N2CCCN(C3CC3)CC2)nc1. The van der Waals surface area contributed by atoms with Gasteiger partial charge in [0.05, 0.1) is 36.2 Å². The van der Waals surface area contributed by atoms with Crippen molar-refractivity contribution in [3.8, 4) is 0 Å². The van der Waals surface area contributed by atoms with Gasteiger partial charge in [0.25, 0.3) is 0 Å². The first-order valence-corrected chi connectivity index (χ1v) is 31.0. The smallest absolute Gasteiger partial charge is 0.225 e. The van der Waals surface area contributed by atoms with Gasteiger partial charge in [0.1, 0.15) is 11.6 Å². The van der Waals surface area contributed by atoms with Crippen LogP contribution in [-0.2, 0) is 0 Å². The van der Waals surface area contributed by atoms with Crippen LogP contribution in [0.2, 0.25) is 0 Å². The Morgan fingerprint density at radius 1 is 0.357 bits per heavy atom. The number of likely N-dealkylation sites (N-methyl/N-ethyl adjacent to an activating group) is 1. The van der Waals surface area contributed by atoms with E-state index < -0.39 is 0 Å². The molecule has 0 N–H and O–H groups in total. The molecule has 0 unspecified atom stereocenters. The summed E-state index contributed by atoms with van der Waals surface area (Å²) in [7, 11) is 2.17. The van der Waals surface area contributed by atoms with Crippen LogP contribution in [0.4, 0.5) is 29.5 Å². The van der Waals surface area contributed by atoms with Crippen molar-refractivity contribution in [1.82, 2.24) is 74.3 Å². The Morgan fingerprint density at radius 2 is 0.690 bits per heavy atom. The quantitative estimate of drug-likeness (QED) is 0.120. The third kappa shape index (κ3) is 21.9. The predicted molar refractivity (Wildman–Crippen MR) is 345 cm³/mol. The lowest BCUT2D eigenvalue weighted by Crippen LogP contribution is -2.32. The Labute approximate surface area is 504 Å². The third-order valence-electron chi connectivity index (χ3n) is 16.2. The lowest BCUT2D eigenvalue weighted by molar-refractivity contribution is 0.283. The Kier molecular flexibility index (Phi) is 26.9. The largest absolute Gasteiger partial charge is 0.354 e. The molecule has 0 atom stereocenters. The highest BCUT2D eigenvalue weighted by Gasteiger charge is 2.31. The molecule has 2 saturated carbocycles. The minimum absolute atomic E-state index is 0. The molecule has 0 amide bonds. The van der Waals surface area contributed by atoms with Crippen LogP contribution in [0.3, 0.4) is 0 Å². The van der Waals surface area contributed by atoms with E-state index >= 15 is 0 Å². The molecule has 0 bridgehead atoms. The Balaban J connectivity index is 0.000000150. The maximum absolute atomic E-state index is 4.47. The van der Waals surface area contributed by atoms with E-state index in [1.807, 2.05) is 109 Å². The Morgan fingerprint density at radius 3 is 1.06 bits per heavy atom. The highest BCUT2D eigenvalue weighted by Crippen LogP contribution is 2.29. The van der Waals surface area contributed by atoms with E-state index in [4.69, 9.17) is 0 Å². The molecule has 7 fully saturated rings. The second kappa shape index (κ2) is 34.6. The van der Waals surface area contributed by atoms with Crippen LogP contribution >= 0.6 is 0 Å². The van der Waals surface area contributed by atoms with Crippen LogP contribution in [0.1, 0.15) is 93.3 Å². The lowest BCUT2D eigenvalue weighted by atomic mass is 10.4. The summed E-state index contributed by atoms with van der Waals surface area (Å²) < 4.78 is 0. The zero-order chi connectivity index (χ0) is 58.2. The molecule has 0 aromatic carbocycles. The fraction of sp³-hybridized carbons (Fsp3) is 0.625. The van der Waals surface area contributed by atoms with Crippen molar-refractivity contribution in [3.63, 3.8) is 0 Å². The van der Waals surface area contributed by atoms with Crippen LogP contribution in [0.25, 0.3) is 0 Å². The maximum atomic E-state index is 4.47. The molecule has 0 radical (unpaired) electrons. The first-order chi connectivity index (χ1) is 40.5. The fourth-order valence-electron chi connectivity index (χ4n) is 11.0. The molecule has 20 nitrogen and oxygen atoms in total. The second-order valence-electron chi connectivity index (χ2n) is 23.4. The van der Waals surface area contributed by atoms with E-state index in [9.17, 15) is 0 Å². The minimum atomic E-state index is 0. The van der Waals surface area contributed by atoms with E-state index in [1.165, 1.54) is 84.1 Å². The molecule has 5 aliphatic heterocycles. The number of nitrogens with zero attached hydrogens (tertiary/aromatic N) is 20. The number of rotatable bonds is 11. The summed E-state index contributed by atoms with van der Waals surface area (Å²) in [6, 6.07) is 1.77. The second-order valence-corrected chi connectivity index (χ2v) is 23.4. The van der Waals surface area contributed by atoms with Crippen LogP contribution in [-0.4, -0.2) is 237 Å². The van der Waals surface area contributed by atoms with Crippen molar-refractivity contribution < 1.29 is 0 Å². The number of aryl methyl sites for hydroxylation is 5. The van der Waals surface area contributed by atoms with Gasteiger partial charge in [-0.1, -0.05) is 19.6 Å². The summed E-state index contributed by atoms with van der Waals surface area (Å²) in [6.07, 6.45) is 34.4. The van der Waals surface area contributed by atoms with Crippen molar-refractivity contribution in [2.24, 2.45) is 0 Å². The highest BCUT2D eigenvalue weighted by atomic mass is 15.3. The lowest BCUT2D eigenvalue weighted by Gasteiger charge is -2.22. The van der Waals surface area contributed by atoms with E-state index in [-0.39, 0.29) is 7.43 Å². The van der Waals surface area contributed by atoms with Gasteiger partial charge < -0.3 is 29.4 Å². The van der Waals surface area contributed by atoms with Crippen molar-refractivity contribution in [2.45, 2.75) is 112 Å². The molecular formula is C64H102N20. The van der Waals surface area contributed by atoms with Crippen LogP contribution < -0.4 is 24.5 Å². The van der Waals surface area contributed by atoms with E-state index in [0.29, 0.717) is 0 Å². The van der Waals surface area contributed by atoms with Crippen molar-refractivity contribution in [3.05, 3.63) is 115 Å². The molecule has 12 rings (SSSR count). The van der Waals surface area contributed by atoms with Gasteiger partial charge >= 0.3 is 0 Å². The zero-order valence-corrected chi connectivity index (χ0v) is 51.4.